The van der Waals surface area contributed by atoms with E-state index in [0.29, 0.717) is 29.7 Å². The van der Waals surface area contributed by atoms with Crippen molar-refractivity contribution in [3.05, 3.63) is 29.8 Å². The van der Waals surface area contributed by atoms with Crippen molar-refractivity contribution in [1.29, 1.82) is 0 Å². The Balaban J connectivity index is 1.98. The molecule has 36 heavy (non-hydrogen) atoms. The lowest BCUT2D eigenvalue weighted by Gasteiger charge is -2.23. The van der Waals surface area contributed by atoms with Crippen LogP contribution in [0.4, 0.5) is 23.5 Å². The van der Waals surface area contributed by atoms with Crippen LogP contribution in [0.3, 0.4) is 0 Å². The highest BCUT2D eigenvalue weighted by atomic mass is 28.4. The van der Waals surface area contributed by atoms with Gasteiger partial charge in [-0.25, -0.2) is 4.79 Å². The third kappa shape index (κ3) is 11.0. The molecule has 1 aromatic carbocycles. The van der Waals surface area contributed by atoms with Crippen molar-refractivity contribution in [3.63, 3.8) is 0 Å². The number of hydrogen-bond acceptors (Lipinski definition) is 9. The molecule has 0 radical (unpaired) electrons. The molecule has 2 atom stereocenters. The van der Waals surface area contributed by atoms with Crippen LogP contribution >= 0.6 is 0 Å². The van der Waals surface area contributed by atoms with Crippen LogP contribution in [0.1, 0.15) is 56.3 Å². The number of rotatable bonds is 16. The van der Waals surface area contributed by atoms with Gasteiger partial charge >= 0.3 is 5.97 Å². The van der Waals surface area contributed by atoms with Gasteiger partial charge in [0.1, 0.15) is 0 Å². The van der Waals surface area contributed by atoms with E-state index in [1.807, 2.05) is 6.07 Å². The zero-order valence-corrected chi connectivity index (χ0v) is 24.9. The Hall–Kier alpha value is -2.51. The van der Waals surface area contributed by atoms with Crippen LogP contribution in [0.5, 0.6) is 0 Å². The second-order valence-electron chi connectivity index (χ2n) is 10.1. The van der Waals surface area contributed by atoms with E-state index in [-0.39, 0.29) is 17.9 Å². The summed E-state index contributed by atoms with van der Waals surface area (Å²) in [6.45, 7) is 14.4. The number of para-hydroxylation sites is 1. The van der Waals surface area contributed by atoms with Crippen LogP contribution in [-0.4, -0.2) is 51.4 Å². The third-order valence-electron chi connectivity index (χ3n) is 5.66. The zero-order valence-electron chi connectivity index (χ0n) is 22.8. The number of unbranched alkanes of at least 4 members (excludes halogenated alkanes) is 1. The van der Waals surface area contributed by atoms with Crippen LogP contribution < -0.4 is 16.4 Å². The predicted molar refractivity (Wildman–Crippen MR) is 153 cm³/mol. The van der Waals surface area contributed by atoms with Crippen LogP contribution in [0, 0.1) is 5.92 Å². The first-order valence-electron chi connectivity index (χ1n) is 13.1. The quantitative estimate of drug-likeness (QED) is 0.144. The standard InChI is InChI=1S/C25H44N6O3Si2/c1-7-9-13-19(8-2)18-33-22(32)20-14-10-11-15-21(20)28-25-30-23(26)29-24(31-25)27-16-12-17-35(3)34-36(4,5)6/h10-11,14-15,19,35H,7-9,12-13,16-18H2,1-6H3,(H4,26,27,28,29,30,31). The molecule has 2 unspecified atom stereocenters. The maximum absolute atomic E-state index is 12.8. The average molecular weight is 533 g/mol. The Labute approximate surface area is 218 Å². The van der Waals surface area contributed by atoms with Gasteiger partial charge in [-0.3, -0.25) is 0 Å². The molecule has 1 aromatic heterocycles. The summed E-state index contributed by atoms with van der Waals surface area (Å²) in [5.41, 5.74) is 6.91. The van der Waals surface area contributed by atoms with E-state index in [1.165, 1.54) is 0 Å². The molecule has 0 fully saturated rings. The van der Waals surface area contributed by atoms with Gasteiger partial charge < -0.3 is 25.2 Å². The van der Waals surface area contributed by atoms with Crippen molar-refractivity contribution >= 4 is 46.9 Å². The van der Waals surface area contributed by atoms with E-state index in [4.69, 9.17) is 14.6 Å². The number of nitrogens with one attached hydrogen (secondary N) is 2. The number of anilines is 4. The van der Waals surface area contributed by atoms with Crippen LogP contribution in [0.25, 0.3) is 0 Å². The number of ether oxygens (including phenoxy) is 1. The molecule has 0 bridgehead atoms. The predicted octanol–water partition coefficient (Wildman–Crippen LogP) is 5.58. The highest BCUT2D eigenvalue weighted by Gasteiger charge is 2.19. The second-order valence-corrected chi connectivity index (χ2v) is 17.5. The summed E-state index contributed by atoms with van der Waals surface area (Å²) in [7, 11) is -2.65. The molecule has 0 aliphatic rings. The highest BCUT2D eigenvalue weighted by Crippen LogP contribution is 2.22. The molecule has 1 heterocycles. The fraction of sp³-hybridized carbons (Fsp3) is 0.600. The number of nitrogen functional groups attached to an aromatic ring is 1. The zero-order chi connectivity index (χ0) is 26.6. The number of carbonyl (C=O) groups excluding carboxylic acids is 1. The smallest absolute Gasteiger partial charge is 0.340 e. The lowest BCUT2D eigenvalue weighted by molar-refractivity contribution is 0.0429. The number of benzene rings is 1. The van der Waals surface area contributed by atoms with Crippen molar-refractivity contribution in [2.45, 2.75) is 78.2 Å². The van der Waals surface area contributed by atoms with Gasteiger partial charge in [-0.2, -0.15) is 15.0 Å². The van der Waals surface area contributed by atoms with Crippen molar-refractivity contribution in [2.24, 2.45) is 5.92 Å². The molecule has 4 N–H and O–H groups in total. The minimum Gasteiger partial charge on any atom is -0.462 e. The number of nitrogens with zero attached hydrogens (tertiary/aromatic N) is 3. The van der Waals surface area contributed by atoms with Gasteiger partial charge in [0.05, 0.1) is 17.9 Å². The Bertz CT molecular complexity index is 958. The van der Waals surface area contributed by atoms with Crippen LogP contribution in [0.2, 0.25) is 32.2 Å². The Morgan fingerprint density at radius 1 is 1.11 bits per heavy atom. The molecule has 200 valence electrons. The van der Waals surface area contributed by atoms with E-state index in [2.05, 4.69) is 65.6 Å². The monoisotopic (exact) mass is 532 g/mol. The molecule has 0 spiro atoms. The lowest BCUT2D eigenvalue weighted by atomic mass is 10.0. The Morgan fingerprint density at radius 3 is 2.53 bits per heavy atom. The van der Waals surface area contributed by atoms with E-state index in [1.54, 1.807) is 18.2 Å². The minimum absolute atomic E-state index is 0.0987. The van der Waals surface area contributed by atoms with Gasteiger partial charge in [-0.1, -0.05) is 45.2 Å². The molecular weight excluding hydrogens is 488 g/mol. The van der Waals surface area contributed by atoms with E-state index in [0.717, 1.165) is 44.7 Å². The summed E-state index contributed by atoms with van der Waals surface area (Å²) >= 11 is 0. The second kappa shape index (κ2) is 14.9. The molecular formula is C25H44N6O3Si2. The summed E-state index contributed by atoms with van der Waals surface area (Å²) in [5.74, 6) is 0.768. The van der Waals surface area contributed by atoms with Gasteiger partial charge in [0.15, 0.2) is 17.4 Å². The molecule has 0 amide bonds. The van der Waals surface area contributed by atoms with E-state index in [9.17, 15) is 4.79 Å². The molecule has 0 saturated heterocycles. The van der Waals surface area contributed by atoms with Gasteiger partial charge in [0.25, 0.3) is 0 Å². The molecule has 2 aromatic rings. The summed E-state index contributed by atoms with van der Waals surface area (Å²) in [5, 5.41) is 6.34. The largest absolute Gasteiger partial charge is 0.462 e. The lowest BCUT2D eigenvalue weighted by Crippen LogP contribution is -2.33. The molecule has 0 aliphatic heterocycles. The SMILES string of the molecule is CCCCC(CC)COC(=O)c1ccccc1Nc1nc(N)nc(NCCC[SiH](C)O[Si](C)(C)C)n1. The summed E-state index contributed by atoms with van der Waals surface area (Å²) in [6.07, 6.45) is 5.29. The first-order chi connectivity index (χ1) is 17.1. The maximum atomic E-state index is 12.8. The normalized spacial score (nSPS) is 13.2. The first kappa shape index (κ1) is 29.7. The number of aromatic nitrogens is 3. The number of carbonyl (C=O) groups is 1. The minimum atomic E-state index is -1.48. The van der Waals surface area contributed by atoms with Gasteiger partial charge in [0.2, 0.25) is 17.8 Å². The van der Waals surface area contributed by atoms with E-state index >= 15 is 0 Å². The molecule has 11 heteroatoms. The molecule has 0 saturated carbocycles. The van der Waals surface area contributed by atoms with Crippen molar-refractivity contribution in [1.82, 2.24) is 15.0 Å². The highest BCUT2D eigenvalue weighted by molar-refractivity contribution is 6.77. The number of nitrogens with two attached hydrogens (primary N) is 1. The van der Waals surface area contributed by atoms with Crippen molar-refractivity contribution < 1.29 is 13.6 Å². The van der Waals surface area contributed by atoms with Crippen LogP contribution in [0.15, 0.2) is 24.3 Å². The summed E-state index contributed by atoms with van der Waals surface area (Å²) in [6, 6.07) is 8.25. The third-order valence-corrected chi connectivity index (χ3v) is 11.3. The summed E-state index contributed by atoms with van der Waals surface area (Å²) < 4.78 is 11.9. The van der Waals surface area contributed by atoms with Gasteiger partial charge in [0, 0.05) is 6.54 Å². The van der Waals surface area contributed by atoms with Gasteiger partial charge in [-0.15, -0.1) is 0 Å². The Morgan fingerprint density at radius 2 is 1.83 bits per heavy atom. The summed E-state index contributed by atoms with van der Waals surface area (Å²) in [4.78, 5) is 25.7. The molecule has 2 rings (SSSR count). The maximum Gasteiger partial charge on any atom is 0.340 e. The van der Waals surface area contributed by atoms with Crippen molar-refractivity contribution in [2.75, 3.05) is 29.5 Å². The average Bonchev–Trinajstić information content (AvgIpc) is 2.81. The fourth-order valence-corrected chi connectivity index (χ4v) is 9.92. The van der Waals surface area contributed by atoms with Gasteiger partial charge in [-0.05, 0) is 63.1 Å². The number of hydrogen-bond donors (Lipinski definition) is 3. The molecule has 9 nitrogen and oxygen atoms in total. The topological polar surface area (TPSA) is 124 Å². The first-order valence-corrected chi connectivity index (χ1v) is 18.9. The fourth-order valence-electron chi connectivity index (χ4n) is 3.84. The van der Waals surface area contributed by atoms with Crippen molar-refractivity contribution in [3.8, 4) is 0 Å². The van der Waals surface area contributed by atoms with Crippen LogP contribution in [-0.2, 0) is 8.85 Å². The van der Waals surface area contributed by atoms with E-state index < -0.39 is 17.4 Å². The molecule has 0 aliphatic carbocycles. The number of esters is 1. The Kier molecular flexibility index (Phi) is 12.3.